The largest absolute Gasteiger partial charge is 0.497 e. The highest BCUT2D eigenvalue weighted by molar-refractivity contribution is 5.94. The van der Waals surface area contributed by atoms with Crippen molar-refractivity contribution < 1.29 is 14.6 Å². The molecule has 2 aromatic carbocycles. The van der Waals surface area contributed by atoms with Crippen LogP contribution in [0, 0.1) is 0 Å². The van der Waals surface area contributed by atoms with E-state index in [2.05, 4.69) is 5.32 Å². The van der Waals surface area contributed by atoms with Gasteiger partial charge in [0.05, 0.1) is 7.11 Å². The van der Waals surface area contributed by atoms with E-state index in [0.29, 0.717) is 17.0 Å². The summed E-state index contributed by atoms with van der Waals surface area (Å²) < 4.78 is 5.11. The Hall–Kier alpha value is -2.37. The van der Waals surface area contributed by atoms with Crippen molar-refractivity contribution in [1.82, 2.24) is 4.90 Å². The summed E-state index contributed by atoms with van der Waals surface area (Å²) in [6.07, 6.45) is -1.25. The Morgan fingerprint density at radius 2 is 1.96 bits per heavy atom. The van der Waals surface area contributed by atoms with E-state index in [1.54, 1.807) is 37.4 Å². The van der Waals surface area contributed by atoms with Gasteiger partial charge in [0, 0.05) is 12.2 Å². The first-order chi connectivity index (χ1) is 11.0. The summed E-state index contributed by atoms with van der Waals surface area (Å²) in [6, 6.07) is 14.4. The molecule has 1 atom stereocenters. The molecule has 2 aromatic rings. The van der Waals surface area contributed by atoms with E-state index in [9.17, 15) is 9.90 Å². The van der Waals surface area contributed by atoms with Gasteiger partial charge in [-0.25, -0.2) is 0 Å². The molecule has 0 saturated carbocycles. The van der Waals surface area contributed by atoms with Gasteiger partial charge >= 0.3 is 0 Å². The smallest absolute Gasteiger partial charge is 0.257 e. The number of carbonyl (C=O) groups is 1. The standard InChI is InChI=1S/C18H22N2O3/c1-20(2)12-13-6-4-8-15(10-13)19-18(22)17(21)14-7-5-9-16(11-14)23-3/h4-11,17,21H,12H2,1-3H3,(H,19,22). The fraction of sp³-hybridized carbons (Fsp3) is 0.278. The molecule has 0 spiro atoms. The molecule has 0 bridgehead atoms. The number of ether oxygens (including phenoxy) is 1. The molecule has 0 aliphatic rings. The van der Waals surface area contributed by atoms with Crippen molar-refractivity contribution in [3.05, 3.63) is 59.7 Å². The van der Waals surface area contributed by atoms with Crippen molar-refractivity contribution >= 4 is 11.6 Å². The molecule has 5 heteroatoms. The number of methoxy groups -OCH3 is 1. The van der Waals surface area contributed by atoms with E-state index >= 15 is 0 Å². The van der Waals surface area contributed by atoms with Crippen LogP contribution < -0.4 is 10.1 Å². The number of anilines is 1. The molecular formula is C18H22N2O3. The number of hydrogen-bond acceptors (Lipinski definition) is 4. The van der Waals surface area contributed by atoms with Gasteiger partial charge in [-0.3, -0.25) is 4.79 Å². The summed E-state index contributed by atoms with van der Waals surface area (Å²) in [5.41, 5.74) is 2.24. The SMILES string of the molecule is COc1cccc(C(O)C(=O)Nc2cccc(CN(C)C)c2)c1. The minimum absolute atomic E-state index is 0.472. The lowest BCUT2D eigenvalue weighted by atomic mass is 10.1. The number of rotatable bonds is 6. The molecule has 122 valence electrons. The van der Waals surface area contributed by atoms with Gasteiger partial charge in [0.15, 0.2) is 6.10 Å². The maximum absolute atomic E-state index is 12.2. The lowest BCUT2D eigenvalue weighted by Gasteiger charge is -2.14. The first-order valence-corrected chi connectivity index (χ1v) is 7.36. The third-order valence-corrected chi connectivity index (χ3v) is 3.35. The lowest BCUT2D eigenvalue weighted by Crippen LogP contribution is -2.21. The van der Waals surface area contributed by atoms with Crippen LogP contribution in [0.3, 0.4) is 0 Å². The van der Waals surface area contributed by atoms with Gasteiger partial charge in [-0.15, -0.1) is 0 Å². The number of aliphatic hydroxyl groups excluding tert-OH is 1. The van der Waals surface area contributed by atoms with Crippen molar-refractivity contribution in [1.29, 1.82) is 0 Å². The van der Waals surface area contributed by atoms with Crippen molar-refractivity contribution in [2.45, 2.75) is 12.6 Å². The van der Waals surface area contributed by atoms with Crippen LogP contribution in [0.5, 0.6) is 5.75 Å². The Morgan fingerprint density at radius 1 is 1.22 bits per heavy atom. The summed E-state index contributed by atoms with van der Waals surface area (Å²) in [6.45, 7) is 0.780. The highest BCUT2D eigenvalue weighted by Gasteiger charge is 2.18. The second-order valence-electron chi connectivity index (χ2n) is 5.61. The zero-order valence-corrected chi connectivity index (χ0v) is 13.6. The summed E-state index contributed by atoms with van der Waals surface area (Å²) in [5.74, 6) is 0.127. The molecule has 0 radical (unpaired) electrons. The van der Waals surface area contributed by atoms with Gasteiger partial charge in [-0.05, 0) is 49.5 Å². The van der Waals surface area contributed by atoms with Crippen LogP contribution >= 0.6 is 0 Å². The molecule has 0 aliphatic heterocycles. The second-order valence-corrected chi connectivity index (χ2v) is 5.61. The van der Waals surface area contributed by atoms with Crippen LogP contribution in [-0.2, 0) is 11.3 Å². The zero-order valence-electron chi connectivity index (χ0n) is 13.6. The predicted molar refractivity (Wildman–Crippen MR) is 90.4 cm³/mol. The first-order valence-electron chi connectivity index (χ1n) is 7.36. The zero-order chi connectivity index (χ0) is 16.8. The van der Waals surface area contributed by atoms with Gasteiger partial charge in [0.2, 0.25) is 0 Å². The number of amides is 1. The van der Waals surface area contributed by atoms with Gasteiger partial charge in [0.1, 0.15) is 5.75 Å². The molecular weight excluding hydrogens is 292 g/mol. The average Bonchev–Trinajstić information content (AvgIpc) is 2.54. The number of nitrogens with zero attached hydrogens (tertiary/aromatic N) is 1. The van der Waals surface area contributed by atoms with Crippen LogP contribution in [-0.4, -0.2) is 37.1 Å². The van der Waals surface area contributed by atoms with Gasteiger partial charge in [-0.2, -0.15) is 0 Å². The average molecular weight is 314 g/mol. The maximum atomic E-state index is 12.2. The molecule has 2 rings (SSSR count). The minimum Gasteiger partial charge on any atom is -0.497 e. The minimum atomic E-state index is -1.25. The predicted octanol–water partition coefficient (Wildman–Crippen LogP) is 2.43. The van der Waals surface area contributed by atoms with Crippen LogP contribution in [0.2, 0.25) is 0 Å². The van der Waals surface area contributed by atoms with Crippen molar-refractivity contribution in [3.8, 4) is 5.75 Å². The Morgan fingerprint density at radius 3 is 2.65 bits per heavy atom. The van der Waals surface area contributed by atoms with Gasteiger partial charge < -0.3 is 20.1 Å². The van der Waals surface area contributed by atoms with E-state index < -0.39 is 12.0 Å². The van der Waals surface area contributed by atoms with Crippen molar-refractivity contribution in [2.75, 3.05) is 26.5 Å². The first kappa shape index (κ1) is 17.0. The van der Waals surface area contributed by atoms with Crippen LogP contribution in [0.15, 0.2) is 48.5 Å². The highest BCUT2D eigenvalue weighted by atomic mass is 16.5. The molecule has 5 nitrogen and oxygen atoms in total. The van der Waals surface area contributed by atoms with E-state index in [-0.39, 0.29) is 0 Å². The number of benzene rings is 2. The van der Waals surface area contributed by atoms with Crippen LogP contribution in [0.4, 0.5) is 5.69 Å². The second kappa shape index (κ2) is 7.76. The molecule has 0 aromatic heterocycles. The van der Waals surface area contributed by atoms with E-state index in [1.807, 2.05) is 37.2 Å². The third kappa shape index (κ3) is 4.81. The fourth-order valence-corrected chi connectivity index (χ4v) is 2.29. The molecule has 23 heavy (non-hydrogen) atoms. The van der Waals surface area contributed by atoms with Crippen LogP contribution in [0.1, 0.15) is 17.2 Å². The molecule has 1 unspecified atom stereocenters. The number of carbonyl (C=O) groups excluding carboxylic acids is 1. The number of hydrogen-bond donors (Lipinski definition) is 2. The van der Waals surface area contributed by atoms with E-state index in [0.717, 1.165) is 12.1 Å². The summed E-state index contributed by atoms with van der Waals surface area (Å²) in [4.78, 5) is 14.3. The highest BCUT2D eigenvalue weighted by Crippen LogP contribution is 2.21. The Kier molecular flexibility index (Phi) is 5.73. The van der Waals surface area contributed by atoms with Crippen LogP contribution in [0.25, 0.3) is 0 Å². The van der Waals surface area contributed by atoms with Crippen molar-refractivity contribution in [2.24, 2.45) is 0 Å². The maximum Gasteiger partial charge on any atom is 0.257 e. The van der Waals surface area contributed by atoms with Crippen molar-refractivity contribution in [3.63, 3.8) is 0 Å². The summed E-state index contributed by atoms with van der Waals surface area (Å²) in [7, 11) is 5.51. The normalized spacial score (nSPS) is 12.0. The molecule has 1 amide bonds. The van der Waals surface area contributed by atoms with Gasteiger partial charge in [0.25, 0.3) is 5.91 Å². The Bertz CT molecular complexity index is 671. The number of aliphatic hydroxyl groups is 1. The number of nitrogens with one attached hydrogen (secondary N) is 1. The van der Waals surface area contributed by atoms with Gasteiger partial charge in [-0.1, -0.05) is 24.3 Å². The lowest BCUT2D eigenvalue weighted by molar-refractivity contribution is -0.124. The molecule has 0 aliphatic carbocycles. The molecule has 0 saturated heterocycles. The summed E-state index contributed by atoms with van der Waals surface area (Å²) in [5, 5.41) is 13.0. The van der Waals surface area contributed by atoms with E-state index in [1.165, 1.54) is 0 Å². The fourth-order valence-electron chi connectivity index (χ4n) is 2.29. The summed E-state index contributed by atoms with van der Waals surface area (Å²) >= 11 is 0. The quantitative estimate of drug-likeness (QED) is 0.859. The Labute approximate surface area is 136 Å². The monoisotopic (exact) mass is 314 g/mol. The Balaban J connectivity index is 2.08. The third-order valence-electron chi connectivity index (χ3n) is 3.35. The topological polar surface area (TPSA) is 61.8 Å². The van der Waals surface area contributed by atoms with E-state index in [4.69, 9.17) is 4.74 Å². The molecule has 0 heterocycles. The molecule has 2 N–H and O–H groups in total. The molecule has 0 fully saturated rings.